The normalized spacial score (nSPS) is 14.8. The molecular formula is C29H28F3N3O4SY. The summed E-state index contributed by atoms with van der Waals surface area (Å²) in [5.41, 5.74) is 8.04. The van der Waals surface area contributed by atoms with E-state index in [1.165, 1.54) is 36.3 Å². The number of hydrogen-bond donors (Lipinski definition) is 3. The number of allylic oxidation sites excluding steroid dienone is 1. The summed E-state index contributed by atoms with van der Waals surface area (Å²) in [6.45, 7) is 0.539. The number of fused-ring (bicyclic) bond motifs is 2. The number of aliphatic imine (C=N–C) groups is 1. The number of nitrogens with two attached hydrogens (primary N) is 1. The van der Waals surface area contributed by atoms with Gasteiger partial charge in [-0.25, -0.2) is 13.8 Å². The van der Waals surface area contributed by atoms with Crippen molar-refractivity contribution >= 4 is 28.5 Å². The van der Waals surface area contributed by atoms with Crippen molar-refractivity contribution in [3.8, 4) is 17.2 Å². The average Bonchev–Trinajstić information content (AvgIpc) is 3.43. The van der Waals surface area contributed by atoms with Crippen LogP contribution < -0.4 is 15.2 Å². The standard InChI is InChI=1S/C29H26F3N3O3S.H2O.Y/c1-39-28-20-8-12-34-25(20)23(31)24(32)27(28)38-18-5-6-22(30)21(15-18)29(33)35-11-7-16-10-14-37-26-17(9-13-36)3-2-4-19(16)26;;/h2-8,11-12,15-16,34,36H,9-10,13-14H2,1H3,(H2,33,35);1H2;/b11-7+;;. The van der Waals surface area contributed by atoms with Gasteiger partial charge in [0.15, 0.2) is 11.6 Å². The second-order valence-electron chi connectivity index (χ2n) is 8.91. The van der Waals surface area contributed by atoms with E-state index in [9.17, 15) is 18.3 Å². The van der Waals surface area contributed by atoms with Gasteiger partial charge in [-0.1, -0.05) is 24.3 Å². The Morgan fingerprint density at radius 3 is 2.78 bits per heavy atom. The van der Waals surface area contributed by atoms with Gasteiger partial charge in [0.1, 0.15) is 23.2 Å². The number of thioether (sulfide) groups is 1. The van der Waals surface area contributed by atoms with Gasteiger partial charge in [-0.05, 0) is 48.9 Å². The molecule has 7 nitrogen and oxygen atoms in total. The van der Waals surface area contributed by atoms with Crippen LogP contribution in [0.5, 0.6) is 17.2 Å². The van der Waals surface area contributed by atoms with Crippen LogP contribution in [-0.4, -0.2) is 40.9 Å². The van der Waals surface area contributed by atoms with Crippen LogP contribution in [0.15, 0.2) is 70.8 Å². The fourth-order valence-corrected chi connectivity index (χ4v) is 5.38. The average molecular weight is 661 g/mol. The first kappa shape index (κ1) is 32.7. The molecule has 1 atom stereocenters. The molecule has 0 spiro atoms. The third-order valence-corrected chi connectivity index (χ3v) is 7.38. The third kappa shape index (κ3) is 6.65. The van der Waals surface area contributed by atoms with E-state index in [0.717, 1.165) is 29.4 Å². The van der Waals surface area contributed by atoms with Gasteiger partial charge in [0.2, 0.25) is 5.82 Å². The first-order valence-electron chi connectivity index (χ1n) is 12.3. The maximum absolute atomic E-state index is 14.9. The van der Waals surface area contributed by atoms with Crippen molar-refractivity contribution in [1.82, 2.24) is 4.98 Å². The summed E-state index contributed by atoms with van der Waals surface area (Å²) in [5, 5.41) is 9.80. The van der Waals surface area contributed by atoms with Gasteiger partial charge < -0.3 is 30.8 Å². The van der Waals surface area contributed by atoms with E-state index in [2.05, 4.69) is 9.98 Å². The zero-order valence-corrected chi connectivity index (χ0v) is 25.7. The molecule has 0 fully saturated rings. The minimum absolute atomic E-state index is 0. The van der Waals surface area contributed by atoms with Gasteiger partial charge in [-0.2, -0.15) is 4.39 Å². The molecule has 5 rings (SSSR count). The maximum atomic E-state index is 14.9. The minimum Gasteiger partial charge on any atom is -0.493 e. The van der Waals surface area contributed by atoms with Crippen molar-refractivity contribution in [2.45, 2.75) is 23.7 Å². The van der Waals surface area contributed by atoms with Gasteiger partial charge in [0, 0.05) is 68.6 Å². The molecule has 0 amide bonds. The number of aliphatic hydroxyl groups is 1. The fourth-order valence-electron chi connectivity index (χ4n) is 4.68. The molecule has 3 aromatic carbocycles. The first-order valence-corrected chi connectivity index (χ1v) is 13.5. The summed E-state index contributed by atoms with van der Waals surface area (Å²) in [6.07, 6.45) is 7.85. The number of benzene rings is 3. The van der Waals surface area contributed by atoms with E-state index in [1.807, 2.05) is 24.3 Å². The Kier molecular flexibility index (Phi) is 11.5. The number of aliphatic hydroxyl groups excluding tert-OH is 1. The number of aromatic amines is 1. The predicted molar refractivity (Wildman–Crippen MR) is 150 cm³/mol. The molecule has 0 saturated carbocycles. The van der Waals surface area contributed by atoms with Crippen LogP contribution in [0.2, 0.25) is 0 Å². The predicted octanol–water partition coefficient (Wildman–Crippen LogP) is 5.59. The van der Waals surface area contributed by atoms with Gasteiger partial charge in [-0.3, -0.25) is 0 Å². The Hall–Kier alpha value is -2.83. The number of para-hydroxylation sites is 1. The van der Waals surface area contributed by atoms with Crippen LogP contribution >= 0.6 is 11.8 Å². The topological polar surface area (TPSA) is 124 Å². The molecule has 1 aromatic heterocycles. The summed E-state index contributed by atoms with van der Waals surface area (Å²) in [6, 6.07) is 11.2. The molecule has 0 aliphatic carbocycles. The van der Waals surface area contributed by atoms with E-state index in [0.29, 0.717) is 23.3 Å². The Balaban J connectivity index is 0.00000231. The molecule has 0 bridgehead atoms. The van der Waals surface area contributed by atoms with Gasteiger partial charge in [0.25, 0.3) is 0 Å². The fraction of sp³-hybridized carbons (Fsp3) is 0.207. The SMILES string of the molecule is CSc1c(Oc2ccc(F)c(C(N)=N/C=C/C3CCOc4c(CCO)cccc43)c2)c(F)c(F)c2[nH]ccc12.O.[Y]. The van der Waals surface area contributed by atoms with Gasteiger partial charge in [0.05, 0.1) is 22.6 Å². The summed E-state index contributed by atoms with van der Waals surface area (Å²) in [5.74, 6) is -2.39. The zero-order chi connectivity index (χ0) is 27.5. The Morgan fingerprint density at radius 1 is 1.22 bits per heavy atom. The molecule has 6 N–H and O–H groups in total. The van der Waals surface area contributed by atoms with Crippen molar-refractivity contribution in [2.75, 3.05) is 19.5 Å². The Labute approximate surface area is 264 Å². The quantitative estimate of drug-likeness (QED) is 0.129. The number of nitrogens with zero attached hydrogens (tertiary/aromatic N) is 1. The molecule has 4 aromatic rings. The molecule has 41 heavy (non-hydrogen) atoms. The second kappa shape index (κ2) is 14.4. The molecule has 12 heteroatoms. The third-order valence-electron chi connectivity index (χ3n) is 6.56. The van der Waals surface area contributed by atoms with Crippen LogP contribution in [0.1, 0.15) is 29.0 Å². The number of rotatable bonds is 8. The number of hydrogen-bond acceptors (Lipinski definition) is 5. The molecule has 1 aliphatic rings. The van der Waals surface area contributed by atoms with Crippen LogP contribution in [0.4, 0.5) is 13.2 Å². The molecule has 1 aliphatic heterocycles. The number of halogens is 3. The van der Waals surface area contributed by atoms with Crippen LogP contribution in [0.25, 0.3) is 10.9 Å². The van der Waals surface area contributed by atoms with E-state index in [4.69, 9.17) is 15.2 Å². The second-order valence-corrected chi connectivity index (χ2v) is 9.73. The van der Waals surface area contributed by atoms with Crippen molar-refractivity contribution < 1.29 is 65.9 Å². The number of amidine groups is 1. The molecular weight excluding hydrogens is 632 g/mol. The summed E-state index contributed by atoms with van der Waals surface area (Å²) < 4.78 is 55.8. The van der Waals surface area contributed by atoms with Crippen molar-refractivity contribution in [2.24, 2.45) is 10.7 Å². The Bertz CT molecular complexity index is 1600. The molecule has 213 valence electrons. The van der Waals surface area contributed by atoms with E-state index in [-0.39, 0.29) is 79.1 Å². The van der Waals surface area contributed by atoms with Crippen LogP contribution in [0, 0.1) is 17.5 Å². The smallest absolute Gasteiger partial charge is 0.204 e. The van der Waals surface area contributed by atoms with E-state index >= 15 is 0 Å². The van der Waals surface area contributed by atoms with Gasteiger partial charge >= 0.3 is 0 Å². The molecule has 1 radical (unpaired) electrons. The van der Waals surface area contributed by atoms with Crippen molar-refractivity contribution in [3.63, 3.8) is 0 Å². The van der Waals surface area contributed by atoms with E-state index in [1.54, 1.807) is 12.3 Å². The number of H-pyrrole nitrogens is 1. The summed E-state index contributed by atoms with van der Waals surface area (Å²) in [4.78, 5) is 7.32. The van der Waals surface area contributed by atoms with Crippen LogP contribution in [-0.2, 0) is 39.1 Å². The Morgan fingerprint density at radius 2 is 2.02 bits per heavy atom. The van der Waals surface area contributed by atoms with E-state index < -0.39 is 17.5 Å². The van der Waals surface area contributed by atoms with Gasteiger partial charge in [-0.15, -0.1) is 11.8 Å². The zero-order valence-electron chi connectivity index (χ0n) is 22.1. The molecule has 1 unspecified atom stereocenters. The summed E-state index contributed by atoms with van der Waals surface area (Å²) in [7, 11) is 0. The maximum Gasteiger partial charge on any atom is 0.204 e. The van der Waals surface area contributed by atoms with Crippen molar-refractivity contribution in [1.29, 1.82) is 0 Å². The molecule has 2 heterocycles. The number of aromatic nitrogens is 1. The monoisotopic (exact) mass is 660 g/mol. The van der Waals surface area contributed by atoms with Crippen LogP contribution in [0.3, 0.4) is 0 Å². The minimum atomic E-state index is -1.15. The number of nitrogens with one attached hydrogen (secondary N) is 1. The van der Waals surface area contributed by atoms with Crippen molar-refractivity contribution in [3.05, 3.63) is 95.1 Å². The first-order chi connectivity index (χ1) is 18.9. The molecule has 0 saturated heterocycles. The number of ether oxygens (including phenoxy) is 2. The summed E-state index contributed by atoms with van der Waals surface area (Å²) >= 11 is 1.20. The largest absolute Gasteiger partial charge is 0.493 e.